The van der Waals surface area contributed by atoms with Gasteiger partial charge in [0, 0.05) is 27.3 Å². The van der Waals surface area contributed by atoms with E-state index in [-0.39, 0.29) is 0 Å². The van der Waals surface area contributed by atoms with Gasteiger partial charge in [-0.15, -0.1) is 0 Å². The van der Waals surface area contributed by atoms with E-state index in [0.29, 0.717) is 0 Å². The fraction of sp³-hybridized carbons (Fsp3) is 0.400. The summed E-state index contributed by atoms with van der Waals surface area (Å²) in [7, 11) is -2.83. The molecule has 0 aliphatic rings. The van der Waals surface area contributed by atoms with E-state index in [2.05, 4.69) is 36.1 Å². The summed E-state index contributed by atoms with van der Waals surface area (Å²) in [5.41, 5.74) is 0. The van der Waals surface area contributed by atoms with Gasteiger partial charge in [0.1, 0.15) is 0 Å². The number of rotatable bonds is 3. The summed E-state index contributed by atoms with van der Waals surface area (Å²) in [6.45, 7) is 6.65. The van der Waals surface area contributed by atoms with Crippen molar-refractivity contribution in [3.8, 4) is 36.1 Å². The van der Waals surface area contributed by atoms with Gasteiger partial charge in [-0.2, -0.15) is 0 Å². The molecule has 0 amide bonds. The molecule has 0 N–H and O–H groups in total. The third-order valence-corrected chi connectivity index (χ3v) is 2.43. The standard InChI is InChI=1S/C10H12O3Si/c1-5-8-11-14(4,12-9-6-2)13-10-7-3/h1-4H3. The summed E-state index contributed by atoms with van der Waals surface area (Å²) >= 11 is 0. The van der Waals surface area contributed by atoms with Crippen LogP contribution in [0.5, 0.6) is 0 Å². The van der Waals surface area contributed by atoms with Crippen molar-refractivity contribution in [2.45, 2.75) is 27.3 Å². The van der Waals surface area contributed by atoms with E-state index in [4.69, 9.17) is 13.3 Å². The second kappa shape index (κ2) is 6.77. The molecule has 0 fully saturated rings. The highest BCUT2D eigenvalue weighted by molar-refractivity contribution is 6.60. The van der Waals surface area contributed by atoms with Crippen molar-refractivity contribution in [2.24, 2.45) is 0 Å². The summed E-state index contributed by atoms with van der Waals surface area (Å²) < 4.78 is 15.3. The van der Waals surface area contributed by atoms with Crippen LogP contribution in [-0.4, -0.2) is 8.80 Å². The normalized spacial score (nSPS) is 7.71. The third kappa shape index (κ3) is 5.03. The Bertz CT molecular complexity index is 288. The molecule has 74 valence electrons. The monoisotopic (exact) mass is 208 g/mol. The largest absolute Gasteiger partial charge is 0.721 e. The van der Waals surface area contributed by atoms with Gasteiger partial charge in [0.05, 0.1) is 18.3 Å². The van der Waals surface area contributed by atoms with E-state index in [9.17, 15) is 0 Å². The summed E-state index contributed by atoms with van der Waals surface area (Å²) in [6, 6.07) is 0. The van der Waals surface area contributed by atoms with Gasteiger partial charge in [-0.1, -0.05) is 17.8 Å². The van der Waals surface area contributed by atoms with Crippen molar-refractivity contribution >= 4 is 8.80 Å². The predicted octanol–water partition coefficient (Wildman–Crippen LogP) is 1.55. The molecule has 0 aromatic carbocycles. The van der Waals surface area contributed by atoms with Crippen LogP contribution in [0.15, 0.2) is 0 Å². The smallest absolute Gasteiger partial charge is 0.432 e. The third-order valence-electron chi connectivity index (χ3n) is 1.02. The molecule has 0 rings (SSSR count). The van der Waals surface area contributed by atoms with Crippen molar-refractivity contribution in [3.05, 3.63) is 0 Å². The molecule has 0 spiro atoms. The number of hydrogen-bond donors (Lipinski definition) is 0. The first kappa shape index (κ1) is 12.3. The lowest BCUT2D eigenvalue weighted by Crippen LogP contribution is -2.38. The van der Waals surface area contributed by atoms with Crippen LogP contribution < -0.4 is 0 Å². The van der Waals surface area contributed by atoms with Gasteiger partial charge in [0.15, 0.2) is 0 Å². The highest BCUT2D eigenvalue weighted by Gasteiger charge is 2.41. The summed E-state index contributed by atoms with van der Waals surface area (Å²) in [5, 5.41) is 0. The predicted molar refractivity (Wildman–Crippen MR) is 55.2 cm³/mol. The van der Waals surface area contributed by atoms with Crippen molar-refractivity contribution in [1.29, 1.82) is 0 Å². The molecule has 0 aliphatic heterocycles. The highest BCUT2D eigenvalue weighted by atomic mass is 28.4. The highest BCUT2D eigenvalue weighted by Crippen LogP contribution is 2.06. The molecule has 0 aromatic rings. The minimum absolute atomic E-state index is 1.66. The maximum Gasteiger partial charge on any atom is 0.721 e. The van der Waals surface area contributed by atoms with E-state index in [0.717, 1.165) is 0 Å². The van der Waals surface area contributed by atoms with Crippen molar-refractivity contribution in [1.82, 2.24) is 0 Å². The molecule has 0 saturated heterocycles. The molecule has 0 radical (unpaired) electrons. The summed E-state index contributed by atoms with van der Waals surface area (Å²) in [6.07, 6.45) is 7.30. The molecule has 0 atom stereocenters. The zero-order valence-corrected chi connectivity index (χ0v) is 9.72. The molecule has 4 heteroatoms. The Morgan fingerprint density at radius 1 is 0.714 bits per heavy atom. The lowest BCUT2D eigenvalue weighted by molar-refractivity contribution is 0.221. The first-order chi connectivity index (χ1) is 6.68. The van der Waals surface area contributed by atoms with E-state index >= 15 is 0 Å². The van der Waals surface area contributed by atoms with Crippen LogP contribution in [0, 0.1) is 36.1 Å². The van der Waals surface area contributed by atoms with E-state index in [1.54, 1.807) is 27.3 Å². The van der Waals surface area contributed by atoms with E-state index in [1.807, 2.05) is 0 Å². The van der Waals surface area contributed by atoms with Crippen LogP contribution in [-0.2, 0) is 13.3 Å². The average Bonchev–Trinajstić information content (AvgIpc) is 2.21. The van der Waals surface area contributed by atoms with Gasteiger partial charge < -0.3 is 13.3 Å². The van der Waals surface area contributed by atoms with Crippen LogP contribution in [0.4, 0.5) is 0 Å². The van der Waals surface area contributed by atoms with Crippen LogP contribution >= 0.6 is 0 Å². The van der Waals surface area contributed by atoms with E-state index < -0.39 is 8.80 Å². The van der Waals surface area contributed by atoms with Crippen molar-refractivity contribution in [3.63, 3.8) is 0 Å². The summed E-state index contributed by atoms with van der Waals surface area (Å²) in [4.78, 5) is 0. The van der Waals surface area contributed by atoms with Crippen molar-refractivity contribution in [2.75, 3.05) is 0 Å². The minimum Gasteiger partial charge on any atom is -0.432 e. The Morgan fingerprint density at radius 3 is 1.21 bits per heavy atom. The maximum absolute atomic E-state index is 5.11. The van der Waals surface area contributed by atoms with Gasteiger partial charge in [-0.3, -0.25) is 0 Å². The average molecular weight is 208 g/mol. The van der Waals surface area contributed by atoms with Gasteiger partial charge in [-0.25, -0.2) is 0 Å². The van der Waals surface area contributed by atoms with Gasteiger partial charge in [0.25, 0.3) is 0 Å². The van der Waals surface area contributed by atoms with Gasteiger partial charge >= 0.3 is 8.80 Å². The first-order valence-electron chi connectivity index (χ1n) is 3.97. The molecule has 0 unspecified atom stereocenters. The Labute approximate surface area is 86.1 Å². The number of hydrogen-bond acceptors (Lipinski definition) is 3. The Morgan fingerprint density at radius 2 is 1.00 bits per heavy atom. The zero-order valence-electron chi connectivity index (χ0n) is 8.72. The Hall–Kier alpha value is -1.70. The van der Waals surface area contributed by atoms with Crippen LogP contribution in [0.25, 0.3) is 0 Å². The fourth-order valence-electron chi connectivity index (χ4n) is 0.494. The fourth-order valence-corrected chi connectivity index (χ4v) is 1.48. The lowest BCUT2D eigenvalue weighted by Gasteiger charge is -2.16. The molecule has 14 heavy (non-hydrogen) atoms. The molecule has 0 aliphatic carbocycles. The summed E-state index contributed by atoms with van der Waals surface area (Å²) in [5.74, 6) is 7.75. The van der Waals surface area contributed by atoms with Crippen LogP contribution in [0.2, 0.25) is 6.55 Å². The molecule has 3 nitrogen and oxygen atoms in total. The topological polar surface area (TPSA) is 27.7 Å². The van der Waals surface area contributed by atoms with Gasteiger partial charge in [-0.05, 0) is 0 Å². The SMILES string of the molecule is CC#CO[Si](C)(OC#CC)OC#CC. The molecule has 0 saturated carbocycles. The second-order valence-corrected chi connectivity index (χ2v) is 4.56. The van der Waals surface area contributed by atoms with Crippen molar-refractivity contribution < 1.29 is 13.3 Å². The Kier molecular flexibility index (Phi) is 5.95. The molecular weight excluding hydrogens is 196 g/mol. The lowest BCUT2D eigenvalue weighted by atomic mass is 10.8. The minimum atomic E-state index is -2.83. The zero-order chi connectivity index (χ0) is 10.9. The maximum atomic E-state index is 5.11. The molecule has 0 bridgehead atoms. The quantitative estimate of drug-likeness (QED) is 0.520. The van der Waals surface area contributed by atoms with Crippen LogP contribution in [0.1, 0.15) is 20.8 Å². The van der Waals surface area contributed by atoms with E-state index in [1.165, 1.54) is 0 Å². The van der Waals surface area contributed by atoms with Gasteiger partial charge in [0.2, 0.25) is 0 Å². The Balaban J connectivity index is 4.46. The molecule has 0 aromatic heterocycles. The first-order valence-corrected chi connectivity index (χ1v) is 6.20. The molecule has 0 heterocycles. The van der Waals surface area contributed by atoms with Crippen LogP contribution in [0.3, 0.4) is 0 Å². The molecular formula is C10H12O3Si. The second-order valence-electron chi connectivity index (χ2n) is 2.22.